The van der Waals surface area contributed by atoms with Crippen molar-refractivity contribution in [3.63, 3.8) is 0 Å². The number of nitrogen functional groups attached to an aromatic ring is 1. The lowest BCUT2D eigenvalue weighted by Crippen LogP contribution is -2.64. The van der Waals surface area contributed by atoms with Gasteiger partial charge in [-0.05, 0) is 25.0 Å². The molecule has 39 heavy (non-hydrogen) atoms. The highest BCUT2D eigenvalue weighted by atomic mass is 32.2. The highest BCUT2D eigenvalue weighted by Crippen LogP contribution is 2.38. The molecule has 11 nitrogen and oxygen atoms in total. The van der Waals surface area contributed by atoms with Gasteiger partial charge in [0.15, 0.2) is 5.60 Å². The fourth-order valence-corrected chi connectivity index (χ4v) is 7.60. The van der Waals surface area contributed by atoms with Crippen LogP contribution in [0.25, 0.3) is 0 Å². The molecule has 2 saturated heterocycles. The van der Waals surface area contributed by atoms with Crippen molar-refractivity contribution in [3.05, 3.63) is 30.1 Å². The fourth-order valence-electron chi connectivity index (χ4n) is 4.88. The Hall–Kier alpha value is -2.53. The Morgan fingerprint density at radius 2 is 1.87 bits per heavy atom. The average Bonchev–Trinajstić information content (AvgIpc) is 3.30. The van der Waals surface area contributed by atoms with Gasteiger partial charge in [-0.3, -0.25) is 9.69 Å². The van der Waals surface area contributed by atoms with Crippen LogP contribution in [0, 0.1) is 5.92 Å². The summed E-state index contributed by atoms with van der Waals surface area (Å²) >= 11 is 0.964. The number of nitrogens with two attached hydrogens (primary N) is 1. The smallest absolute Gasteiger partial charge is 0.391 e. The van der Waals surface area contributed by atoms with Crippen LogP contribution in [0.3, 0.4) is 0 Å². The second kappa shape index (κ2) is 10.8. The predicted molar refractivity (Wildman–Crippen MR) is 139 cm³/mol. The van der Waals surface area contributed by atoms with Gasteiger partial charge in [-0.25, -0.2) is 18.4 Å². The lowest BCUT2D eigenvalue weighted by molar-refractivity contribution is -0.259. The van der Waals surface area contributed by atoms with Crippen molar-refractivity contribution in [2.45, 2.75) is 48.8 Å². The van der Waals surface area contributed by atoms with E-state index in [1.54, 1.807) is 4.90 Å². The quantitative estimate of drug-likeness (QED) is 0.433. The Morgan fingerprint density at radius 1 is 1.21 bits per heavy atom. The molecule has 0 aromatic carbocycles. The molecule has 2 fully saturated rings. The summed E-state index contributed by atoms with van der Waals surface area (Å²) in [5, 5.41) is 13.2. The molecule has 4 rings (SSSR count). The van der Waals surface area contributed by atoms with E-state index in [9.17, 15) is 31.5 Å². The number of aliphatic hydroxyl groups is 1. The first-order valence-electron chi connectivity index (χ1n) is 12.4. The number of sulfonamides is 1. The largest absolute Gasteiger partial charge is 0.421 e. The minimum absolute atomic E-state index is 0.0172. The fraction of sp³-hybridized carbons (Fsp3) is 0.609. The highest BCUT2D eigenvalue weighted by molar-refractivity contribution is 7.91. The number of carbonyl (C=O) groups is 1. The van der Waals surface area contributed by atoms with Crippen LogP contribution < -0.4 is 16.0 Å². The summed E-state index contributed by atoms with van der Waals surface area (Å²) in [6, 6.07) is 2.02. The SMILES string of the molecule is CC(C)[C@H]1C(=O)NCCN1C[C@H]1CN(S(=O)(=O)c2ccc(N)s2)CCN1c1ncc(C(C)(O)C(F)(F)F)cn1. The molecule has 2 aliphatic rings. The number of hydrogen-bond donors (Lipinski definition) is 3. The maximum atomic E-state index is 13.4. The van der Waals surface area contributed by atoms with E-state index in [1.807, 2.05) is 18.7 Å². The van der Waals surface area contributed by atoms with Crippen LogP contribution in [0.15, 0.2) is 28.7 Å². The van der Waals surface area contributed by atoms with Crippen LogP contribution in [-0.2, 0) is 20.4 Å². The number of nitrogens with zero attached hydrogens (tertiary/aromatic N) is 5. The molecule has 0 spiro atoms. The number of piperazine rings is 2. The zero-order chi connectivity index (χ0) is 28.8. The van der Waals surface area contributed by atoms with Gasteiger partial charge in [-0.2, -0.15) is 17.5 Å². The Balaban J connectivity index is 1.65. The van der Waals surface area contributed by atoms with Gasteiger partial charge < -0.3 is 21.1 Å². The van der Waals surface area contributed by atoms with E-state index in [4.69, 9.17) is 5.73 Å². The van der Waals surface area contributed by atoms with Crippen molar-refractivity contribution < 1.29 is 31.5 Å². The van der Waals surface area contributed by atoms with E-state index in [0.717, 1.165) is 23.7 Å². The zero-order valence-electron chi connectivity index (χ0n) is 21.7. The van der Waals surface area contributed by atoms with Gasteiger partial charge in [0.05, 0.1) is 17.1 Å². The molecule has 1 amide bonds. The molecule has 16 heteroatoms. The van der Waals surface area contributed by atoms with Crippen LogP contribution in [0.4, 0.5) is 24.1 Å². The highest BCUT2D eigenvalue weighted by Gasteiger charge is 2.51. The lowest BCUT2D eigenvalue weighted by Gasteiger charge is -2.45. The monoisotopic (exact) mass is 591 g/mol. The second-order valence-corrected chi connectivity index (χ2v) is 13.5. The number of anilines is 2. The standard InChI is InChI=1S/C23H32F3N7O4S2/c1-14(2)19-20(34)28-6-7-31(19)12-16-13-32(39(36,37)18-5-4-17(27)38-18)8-9-33(16)21-29-10-15(11-30-21)22(3,35)23(24,25)26/h4-5,10-11,14,16,19,35H,6-9,12-13,27H2,1-3H3,(H,28,34)/t16-,19-,22?/m0/s1. The molecular formula is C23H32F3N7O4S2. The van der Waals surface area contributed by atoms with Crippen LogP contribution in [0.2, 0.25) is 0 Å². The third-order valence-electron chi connectivity index (χ3n) is 7.09. The van der Waals surface area contributed by atoms with Crippen LogP contribution >= 0.6 is 11.3 Å². The van der Waals surface area contributed by atoms with Crippen molar-refractivity contribution in [1.29, 1.82) is 0 Å². The molecule has 2 aromatic heterocycles. The van der Waals surface area contributed by atoms with Crippen molar-refractivity contribution in [2.75, 3.05) is 49.9 Å². The molecule has 2 aliphatic heterocycles. The van der Waals surface area contributed by atoms with E-state index in [0.29, 0.717) is 31.6 Å². The second-order valence-electron chi connectivity index (χ2n) is 10.2. The molecule has 0 bridgehead atoms. The molecule has 0 saturated carbocycles. The third kappa shape index (κ3) is 5.84. The van der Waals surface area contributed by atoms with Gasteiger partial charge in [0.1, 0.15) is 4.21 Å². The first-order valence-corrected chi connectivity index (χ1v) is 14.6. The molecule has 216 valence electrons. The Morgan fingerprint density at radius 3 is 2.44 bits per heavy atom. The number of alkyl halides is 3. The van der Waals surface area contributed by atoms with E-state index >= 15 is 0 Å². The van der Waals surface area contributed by atoms with Gasteiger partial charge in [0.2, 0.25) is 11.9 Å². The number of rotatable bonds is 7. The average molecular weight is 592 g/mol. The van der Waals surface area contributed by atoms with E-state index in [2.05, 4.69) is 15.3 Å². The third-order valence-corrected chi connectivity index (χ3v) is 10.3. The first kappa shape index (κ1) is 29.5. The maximum Gasteiger partial charge on any atom is 0.421 e. The maximum absolute atomic E-state index is 13.4. The van der Waals surface area contributed by atoms with Crippen LogP contribution in [-0.4, -0.2) is 96.1 Å². The lowest BCUT2D eigenvalue weighted by atomic mass is 9.98. The van der Waals surface area contributed by atoms with Gasteiger partial charge in [-0.15, -0.1) is 11.3 Å². The summed E-state index contributed by atoms with van der Waals surface area (Å²) in [7, 11) is -3.86. The zero-order valence-corrected chi connectivity index (χ0v) is 23.4. The number of nitrogens with one attached hydrogen (secondary N) is 1. The van der Waals surface area contributed by atoms with Gasteiger partial charge in [-0.1, -0.05) is 13.8 Å². The summed E-state index contributed by atoms with van der Waals surface area (Å²) in [6.07, 6.45) is -3.07. The van der Waals surface area contributed by atoms with Crippen LogP contribution in [0.1, 0.15) is 26.3 Å². The molecule has 3 atom stereocenters. The molecule has 4 heterocycles. The Labute approximate surface area is 228 Å². The Bertz CT molecular complexity index is 1290. The van der Waals surface area contributed by atoms with Crippen molar-refractivity contribution in [2.24, 2.45) is 5.92 Å². The molecular weight excluding hydrogens is 559 g/mol. The van der Waals surface area contributed by atoms with Crippen molar-refractivity contribution >= 4 is 38.2 Å². The number of aromatic nitrogens is 2. The number of amides is 1. The van der Waals surface area contributed by atoms with Gasteiger partial charge in [0, 0.05) is 57.2 Å². The van der Waals surface area contributed by atoms with Gasteiger partial charge in [0.25, 0.3) is 10.0 Å². The summed E-state index contributed by atoms with van der Waals surface area (Å²) in [5.74, 6) is -0.0368. The Kier molecular flexibility index (Phi) is 8.16. The summed E-state index contributed by atoms with van der Waals surface area (Å²) in [5.41, 5.74) is 2.11. The summed E-state index contributed by atoms with van der Waals surface area (Å²) in [6.45, 7) is 6.02. The summed E-state index contributed by atoms with van der Waals surface area (Å²) in [4.78, 5) is 24.6. The minimum atomic E-state index is -4.92. The number of hydrogen-bond acceptors (Lipinski definition) is 10. The number of thiophene rings is 1. The molecule has 1 unspecified atom stereocenters. The van der Waals surface area contributed by atoms with E-state index in [1.165, 1.54) is 16.4 Å². The first-order chi connectivity index (χ1) is 18.1. The predicted octanol–water partition coefficient (Wildman–Crippen LogP) is 1.23. The van der Waals surface area contributed by atoms with Crippen molar-refractivity contribution in [3.8, 4) is 0 Å². The number of carbonyl (C=O) groups excluding carboxylic acids is 1. The van der Waals surface area contributed by atoms with E-state index in [-0.39, 0.29) is 41.6 Å². The molecule has 0 radical (unpaired) electrons. The molecule has 0 aliphatic carbocycles. The normalized spacial score (nSPS) is 23.6. The van der Waals surface area contributed by atoms with Crippen LogP contribution in [0.5, 0.6) is 0 Å². The van der Waals surface area contributed by atoms with Crippen molar-refractivity contribution in [1.82, 2.24) is 24.5 Å². The van der Waals surface area contributed by atoms with E-state index < -0.39 is 39.4 Å². The topological polar surface area (TPSA) is 145 Å². The van der Waals surface area contributed by atoms with Gasteiger partial charge >= 0.3 is 6.18 Å². The molecule has 4 N–H and O–H groups in total. The molecule has 2 aromatic rings. The number of halogens is 3. The minimum Gasteiger partial charge on any atom is -0.391 e. The summed E-state index contributed by atoms with van der Waals surface area (Å²) < 4.78 is 68.1.